The van der Waals surface area contributed by atoms with E-state index in [1.54, 1.807) is 7.11 Å². The minimum Gasteiger partial charge on any atom is -0.385 e. The highest BCUT2D eigenvalue weighted by atomic mass is 16.5. The van der Waals surface area contributed by atoms with Gasteiger partial charge in [-0.25, -0.2) is 0 Å². The minimum absolute atomic E-state index is 0.0362. The van der Waals surface area contributed by atoms with Gasteiger partial charge in [0.15, 0.2) is 0 Å². The normalized spacial score (nSPS) is 26.1. The lowest BCUT2D eigenvalue weighted by atomic mass is 9.76. The minimum atomic E-state index is -0.687. The summed E-state index contributed by atoms with van der Waals surface area (Å²) in [7, 11) is 1.72. The Hall–Kier alpha value is -1.67. The summed E-state index contributed by atoms with van der Waals surface area (Å²) < 4.78 is 13.5. The number of rotatable bonds is 9. The van der Waals surface area contributed by atoms with Crippen LogP contribution in [0.4, 0.5) is 0 Å². The van der Waals surface area contributed by atoms with Crippen molar-refractivity contribution < 1.29 is 14.3 Å². The van der Waals surface area contributed by atoms with Crippen LogP contribution < -0.4 is 11.5 Å². The summed E-state index contributed by atoms with van der Waals surface area (Å²) >= 11 is 0. The predicted octanol–water partition coefficient (Wildman–Crippen LogP) is 2.09. The lowest BCUT2D eigenvalue weighted by Gasteiger charge is -2.39. The Bertz CT molecular complexity index is 741. The van der Waals surface area contributed by atoms with E-state index in [1.807, 2.05) is 4.90 Å². The summed E-state index contributed by atoms with van der Waals surface area (Å²) in [5.41, 5.74) is 14.3. The van der Waals surface area contributed by atoms with Gasteiger partial charge >= 0.3 is 0 Å². The molecule has 0 radical (unpaired) electrons. The van der Waals surface area contributed by atoms with Crippen molar-refractivity contribution >= 4 is 12.0 Å². The molecule has 2 aliphatic rings. The van der Waals surface area contributed by atoms with Crippen molar-refractivity contribution in [2.45, 2.75) is 63.8 Å². The third kappa shape index (κ3) is 4.97. The maximum absolute atomic E-state index is 13.4. The van der Waals surface area contributed by atoms with Crippen molar-refractivity contribution in [3.63, 3.8) is 0 Å². The van der Waals surface area contributed by atoms with Crippen molar-refractivity contribution in [1.29, 1.82) is 0 Å². The number of amides is 1. The van der Waals surface area contributed by atoms with Crippen LogP contribution in [-0.4, -0.2) is 60.9 Å². The van der Waals surface area contributed by atoms with Crippen molar-refractivity contribution in [1.82, 2.24) is 9.47 Å². The van der Waals surface area contributed by atoms with Gasteiger partial charge in [-0.15, -0.1) is 0 Å². The van der Waals surface area contributed by atoms with Gasteiger partial charge in [0.1, 0.15) is 6.10 Å². The number of carbonyl (C=O) groups is 1. The zero-order valence-corrected chi connectivity index (χ0v) is 18.7. The molecule has 7 nitrogen and oxygen atoms in total. The molecule has 0 aromatic carbocycles. The van der Waals surface area contributed by atoms with Crippen molar-refractivity contribution in [2.24, 2.45) is 17.4 Å². The molecule has 2 heterocycles. The summed E-state index contributed by atoms with van der Waals surface area (Å²) in [5.74, 6) is 0.166. The first kappa shape index (κ1) is 23.0. The number of carbonyl (C=O) groups excluding carboxylic acids is 1. The van der Waals surface area contributed by atoms with E-state index in [-0.39, 0.29) is 11.8 Å². The molecule has 168 valence electrons. The van der Waals surface area contributed by atoms with Gasteiger partial charge in [-0.1, -0.05) is 19.9 Å². The number of aromatic nitrogens is 1. The molecular weight excluding hydrogens is 380 g/mol. The second-order valence-electron chi connectivity index (χ2n) is 8.83. The van der Waals surface area contributed by atoms with E-state index in [1.165, 1.54) is 0 Å². The molecule has 7 heteroatoms. The topological polar surface area (TPSA) is 95.7 Å². The van der Waals surface area contributed by atoms with Crippen LogP contribution in [0.25, 0.3) is 6.08 Å². The second-order valence-corrected chi connectivity index (χ2v) is 8.83. The highest BCUT2D eigenvalue weighted by molar-refractivity contribution is 5.82. The standard InChI is InChI=1S/C23H38N4O3/c1-17(2)23(25)16-21(30-15-10-24)22(28)27(18-7-8-18)12-4-6-20-19(23)9-13-26(20)11-5-14-29-3/h4,6,9,13,17-18,21H,5,7-8,10-12,14-16,24-25H2,1-3H3/b6-4+/t21-,23?/m1/s1. The molecular formula is C23H38N4O3. The van der Waals surface area contributed by atoms with Crippen LogP contribution in [0.5, 0.6) is 0 Å². The van der Waals surface area contributed by atoms with E-state index in [2.05, 4.69) is 42.8 Å². The Morgan fingerprint density at radius 1 is 1.30 bits per heavy atom. The molecule has 1 aliphatic carbocycles. The molecule has 0 bridgehead atoms. The first-order valence-corrected chi connectivity index (χ1v) is 11.2. The zero-order valence-electron chi connectivity index (χ0n) is 18.7. The summed E-state index contributed by atoms with van der Waals surface area (Å²) in [6.45, 7) is 7.13. The first-order valence-electron chi connectivity index (χ1n) is 11.2. The largest absolute Gasteiger partial charge is 0.385 e. The van der Waals surface area contributed by atoms with Gasteiger partial charge in [-0.2, -0.15) is 0 Å². The van der Waals surface area contributed by atoms with Gasteiger partial charge in [0.05, 0.1) is 6.61 Å². The fraction of sp³-hybridized carbons (Fsp3) is 0.696. The van der Waals surface area contributed by atoms with E-state index in [0.29, 0.717) is 38.8 Å². The number of nitrogens with zero attached hydrogens (tertiary/aromatic N) is 2. The molecule has 0 saturated heterocycles. The van der Waals surface area contributed by atoms with Gasteiger partial charge in [0.25, 0.3) is 5.91 Å². The van der Waals surface area contributed by atoms with E-state index in [4.69, 9.17) is 20.9 Å². The Morgan fingerprint density at radius 2 is 2.07 bits per heavy atom. The van der Waals surface area contributed by atoms with Crippen molar-refractivity contribution in [2.75, 3.05) is 33.4 Å². The fourth-order valence-electron chi connectivity index (χ4n) is 4.30. The molecule has 1 aromatic heterocycles. The van der Waals surface area contributed by atoms with Crippen LogP contribution in [0, 0.1) is 5.92 Å². The molecule has 2 atom stereocenters. The Balaban J connectivity index is 2.01. The average Bonchev–Trinajstić information content (AvgIpc) is 3.48. The van der Waals surface area contributed by atoms with Gasteiger partial charge in [0.2, 0.25) is 0 Å². The molecule has 4 N–H and O–H groups in total. The molecule has 3 rings (SSSR count). The molecule has 1 fully saturated rings. The number of nitrogens with two attached hydrogens (primary N) is 2. The van der Waals surface area contributed by atoms with Crippen LogP contribution in [0.2, 0.25) is 0 Å². The zero-order chi connectivity index (χ0) is 21.7. The molecule has 0 spiro atoms. The summed E-state index contributed by atoms with van der Waals surface area (Å²) in [6.07, 6.45) is 9.22. The Labute approximate surface area is 180 Å². The van der Waals surface area contributed by atoms with Gasteiger partial charge < -0.3 is 30.4 Å². The first-order chi connectivity index (χ1) is 14.4. The van der Waals surface area contributed by atoms with Crippen molar-refractivity contribution in [3.05, 3.63) is 29.6 Å². The molecule has 1 amide bonds. The number of aryl methyl sites for hydroxylation is 1. The molecule has 1 unspecified atom stereocenters. The van der Waals surface area contributed by atoms with E-state index in [9.17, 15) is 4.79 Å². The maximum atomic E-state index is 13.4. The number of hydrogen-bond acceptors (Lipinski definition) is 5. The van der Waals surface area contributed by atoms with Crippen molar-refractivity contribution in [3.8, 4) is 0 Å². The number of ether oxygens (including phenoxy) is 2. The monoisotopic (exact) mass is 418 g/mol. The van der Waals surface area contributed by atoms with E-state index >= 15 is 0 Å². The number of methoxy groups -OCH3 is 1. The second kappa shape index (κ2) is 10.1. The van der Waals surface area contributed by atoms with Crippen LogP contribution >= 0.6 is 0 Å². The Kier molecular flexibility index (Phi) is 7.74. The number of fused-ring (bicyclic) bond motifs is 1. The quantitative estimate of drug-likeness (QED) is 0.599. The SMILES string of the molecule is COCCCn1ccc2c1/C=C/CN(C1CC1)C(=O)[C@H](OCCN)CC2(N)C(C)C. The van der Waals surface area contributed by atoms with Crippen LogP contribution in [0.15, 0.2) is 18.3 Å². The van der Waals surface area contributed by atoms with E-state index < -0.39 is 11.6 Å². The number of hydrogen-bond donors (Lipinski definition) is 2. The maximum Gasteiger partial charge on any atom is 0.252 e. The lowest BCUT2D eigenvalue weighted by Crippen LogP contribution is -2.51. The van der Waals surface area contributed by atoms with E-state index in [0.717, 1.165) is 37.1 Å². The van der Waals surface area contributed by atoms with Gasteiger partial charge in [-0.05, 0) is 42.9 Å². The highest BCUT2D eigenvalue weighted by Crippen LogP contribution is 2.38. The fourth-order valence-corrected chi connectivity index (χ4v) is 4.30. The van der Waals surface area contributed by atoms with Gasteiger partial charge in [0, 0.05) is 63.2 Å². The molecule has 30 heavy (non-hydrogen) atoms. The van der Waals surface area contributed by atoms with Crippen LogP contribution in [-0.2, 0) is 26.4 Å². The third-order valence-corrected chi connectivity index (χ3v) is 6.37. The smallest absolute Gasteiger partial charge is 0.252 e. The Morgan fingerprint density at radius 3 is 2.70 bits per heavy atom. The highest BCUT2D eigenvalue weighted by Gasteiger charge is 2.43. The van der Waals surface area contributed by atoms with Crippen LogP contribution in [0.3, 0.4) is 0 Å². The summed E-state index contributed by atoms with van der Waals surface area (Å²) in [5, 5.41) is 0. The predicted molar refractivity (Wildman–Crippen MR) is 119 cm³/mol. The summed E-state index contributed by atoms with van der Waals surface area (Å²) in [6, 6.07) is 2.42. The molecule has 1 aliphatic heterocycles. The van der Waals surface area contributed by atoms with Crippen LogP contribution in [0.1, 0.15) is 50.8 Å². The third-order valence-electron chi connectivity index (χ3n) is 6.37. The molecule has 1 aromatic rings. The summed E-state index contributed by atoms with van der Waals surface area (Å²) in [4.78, 5) is 15.4. The van der Waals surface area contributed by atoms with Gasteiger partial charge in [-0.3, -0.25) is 4.79 Å². The molecule has 1 saturated carbocycles. The lowest BCUT2D eigenvalue weighted by molar-refractivity contribution is -0.145. The average molecular weight is 419 g/mol.